The number of benzene rings is 1. The van der Waals surface area contributed by atoms with Crippen LogP contribution in [0.25, 0.3) is 0 Å². The van der Waals surface area contributed by atoms with Gasteiger partial charge >= 0.3 is 6.03 Å². The van der Waals surface area contributed by atoms with Gasteiger partial charge in [-0.2, -0.15) is 0 Å². The number of hydrogen-bond donors (Lipinski definition) is 5. The third-order valence-electron chi connectivity index (χ3n) is 5.09. The first kappa shape index (κ1) is 22.9. The average molecular weight is 438 g/mol. The number of nitrogens with zero attached hydrogens (tertiary/aromatic N) is 3. The van der Waals surface area contributed by atoms with Gasteiger partial charge in [0, 0.05) is 49.2 Å². The van der Waals surface area contributed by atoms with E-state index in [-0.39, 0.29) is 0 Å². The number of nitrogens with one attached hydrogen (secondary N) is 2. The standard InChI is InChI=1S/C22H26N6O4/c1-15(29)20(21(30)26-32)25-22(31)28-12-10-27(11-13-28)18-7-4-16(5-8-18)2-3-17-6-9-19(23)24-14-17/h4-9,14-15,20,29,32H,10-13H2,1H3,(H2,23,24)(H,25,31)(H,26,30)/t15-,20+/m1/s1. The Hall–Kier alpha value is -3.81. The predicted molar refractivity (Wildman–Crippen MR) is 119 cm³/mol. The summed E-state index contributed by atoms with van der Waals surface area (Å²) in [6, 6.07) is 9.66. The van der Waals surface area contributed by atoms with Crippen molar-refractivity contribution in [3.05, 3.63) is 53.7 Å². The molecule has 1 aromatic heterocycles. The van der Waals surface area contributed by atoms with Gasteiger partial charge in [0.1, 0.15) is 11.9 Å². The van der Waals surface area contributed by atoms with Crippen molar-refractivity contribution in [2.45, 2.75) is 19.1 Å². The second kappa shape index (κ2) is 10.5. The number of piperazine rings is 1. The Bertz CT molecular complexity index is 990. The van der Waals surface area contributed by atoms with Crippen LogP contribution < -0.4 is 21.4 Å². The van der Waals surface area contributed by atoms with Gasteiger partial charge in [-0.3, -0.25) is 10.0 Å². The summed E-state index contributed by atoms with van der Waals surface area (Å²) in [6.45, 7) is 3.48. The average Bonchev–Trinajstić information content (AvgIpc) is 2.82. The largest absolute Gasteiger partial charge is 0.391 e. The molecule has 0 bridgehead atoms. The number of hydroxylamine groups is 1. The van der Waals surface area contributed by atoms with Crippen LogP contribution in [0.3, 0.4) is 0 Å². The zero-order valence-electron chi connectivity index (χ0n) is 17.7. The normalized spacial score (nSPS) is 15.2. The number of rotatable bonds is 4. The van der Waals surface area contributed by atoms with Crippen LogP contribution in [0.1, 0.15) is 18.1 Å². The second-order valence-electron chi connectivity index (χ2n) is 7.39. The maximum atomic E-state index is 12.4. The molecule has 3 amide bonds. The van der Waals surface area contributed by atoms with Crippen LogP contribution in [0.15, 0.2) is 42.6 Å². The molecule has 0 radical (unpaired) electrons. The molecule has 2 atom stereocenters. The Morgan fingerprint density at radius 3 is 2.25 bits per heavy atom. The number of urea groups is 1. The van der Waals surface area contributed by atoms with E-state index in [0.717, 1.165) is 16.8 Å². The summed E-state index contributed by atoms with van der Waals surface area (Å²) in [7, 11) is 0. The minimum absolute atomic E-state index is 0.449. The summed E-state index contributed by atoms with van der Waals surface area (Å²) in [5.74, 6) is 5.72. The van der Waals surface area contributed by atoms with E-state index in [0.29, 0.717) is 32.0 Å². The van der Waals surface area contributed by atoms with Gasteiger partial charge in [-0.25, -0.2) is 15.3 Å². The van der Waals surface area contributed by atoms with Gasteiger partial charge in [0.15, 0.2) is 0 Å². The van der Waals surface area contributed by atoms with Crippen LogP contribution >= 0.6 is 0 Å². The molecule has 168 valence electrons. The molecule has 2 aromatic rings. The molecule has 1 aliphatic rings. The monoisotopic (exact) mass is 438 g/mol. The molecule has 10 nitrogen and oxygen atoms in total. The number of aliphatic hydroxyl groups excluding tert-OH is 1. The molecule has 6 N–H and O–H groups in total. The Labute approximate surface area is 186 Å². The molecule has 1 aromatic carbocycles. The lowest BCUT2D eigenvalue weighted by Crippen LogP contribution is -2.58. The van der Waals surface area contributed by atoms with Gasteiger partial charge in [0.05, 0.1) is 6.10 Å². The number of aliphatic hydroxyl groups is 1. The van der Waals surface area contributed by atoms with Crippen LogP contribution in [-0.2, 0) is 4.79 Å². The van der Waals surface area contributed by atoms with Crippen molar-refractivity contribution < 1.29 is 19.9 Å². The van der Waals surface area contributed by atoms with Crippen molar-refractivity contribution in [3.63, 3.8) is 0 Å². The fourth-order valence-corrected chi connectivity index (χ4v) is 3.25. The molecular formula is C22H26N6O4. The van der Waals surface area contributed by atoms with E-state index in [1.807, 2.05) is 30.3 Å². The van der Waals surface area contributed by atoms with Crippen LogP contribution in [0.2, 0.25) is 0 Å². The molecule has 0 saturated carbocycles. The van der Waals surface area contributed by atoms with Gasteiger partial charge in [-0.1, -0.05) is 11.8 Å². The highest BCUT2D eigenvalue weighted by Gasteiger charge is 2.29. The SMILES string of the molecule is C[C@@H](O)[C@H](NC(=O)N1CCN(c2ccc(C#Cc3ccc(N)nc3)cc2)CC1)C(=O)NO. The van der Waals surface area contributed by atoms with E-state index in [1.54, 1.807) is 17.2 Å². The molecule has 10 heteroatoms. The lowest BCUT2D eigenvalue weighted by Gasteiger charge is -2.36. The zero-order valence-corrected chi connectivity index (χ0v) is 17.7. The van der Waals surface area contributed by atoms with E-state index < -0.39 is 24.1 Å². The number of hydrogen-bond acceptors (Lipinski definition) is 7. The van der Waals surface area contributed by atoms with Gasteiger partial charge in [0.2, 0.25) is 0 Å². The Kier molecular flexibility index (Phi) is 7.49. The molecule has 1 aliphatic heterocycles. The Balaban J connectivity index is 1.54. The van der Waals surface area contributed by atoms with Crippen molar-refractivity contribution >= 4 is 23.4 Å². The first-order valence-corrected chi connectivity index (χ1v) is 10.1. The Morgan fingerprint density at radius 2 is 1.69 bits per heavy atom. The number of nitrogens with two attached hydrogens (primary N) is 1. The fourth-order valence-electron chi connectivity index (χ4n) is 3.25. The number of carbonyl (C=O) groups is 2. The zero-order chi connectivity index (χ0) is 23.1. The quantitative estimate of drug-likeness (QED) is 0.260. The second-order valence-corrected chi connectivity index (χ2v) is 7.39. The molecule has 0 aliphatic carbocycles. The predicted octanol–water partition coefficient (Wildman–Crippen LogP) is 0.150. The number of aromatic nitrogens is 1. The van der Waals surface area contributed by atoms with E-state index in [9.17, 15) is 14.7 Å². The maximum absolute atomic E-state index is 12.4. The van der Waals surface area contributed by atoms with Gasteiger partial charge < -0.3 is 26.0 Å². The van der Waals surface area contributed by atoms with Crippen LogP contribution in [-0.4, -0.2) is 70.5 Å². The first-order chi connectivity index (χ1) is 15.4. The topological polar surface area (TPSA) is 144 Å². The molecule has 0 unspecified atom stereocenters. The van der Waals surface area contributed by atoms with Crippen molar-refractivity contribution in [3.8, 4) is 11.8 Å². The van der Waals surface area contributed by atoms with Crippen LogP contribution in [0.4, 0.5) is 16.3 Å². The third-order valence-corrected chi connectivity index (χ3v) is 5.09. The minimum Gasteiger partial charge on any atom is -0.391 e. The van der Waals surface area contributed by atoms with Gasteiger partial charge in [-0.05, 0) is 43.3 Å². The molecule has 3 rings (SSSR count). The van der Waals surface area contributed by atoms with E-state index >= 15 is 0 Å². The molecule has 32 heavy (non-hydrogen) atoms. The summed E-state index contributed by atoms with van der Waals surface area (Å²) in [4.78, 5) is 31.8. The highest BCUT2D eigenvalue weighted by atomic mass is 16.5. The number of anilines is 2. The van der Waals surface area contributed by atoms with E-state index in [2.05, 4.69) is 27.0 Å². The minimum atomic E-state index is -1.23. The smallest absolute Gasteiger partial charge is 0.318 e. The number of pyridine rings is 1. The molecule has 0 spiro atoms. The molecule has 1 saturated heterocycles. The van der Waals surface area contributed by atoms with E-state index in [1.165, 1.54) is 12.4 Å². The molecular weight excluding hydrogens is 412 g/mol. The number of nitrogen functional groups attached to an aromatic ring is 1. The summed E-state index contributed by atoms with van der Waals surface area (Å²) < 4.78 is 0. The summed E-state index contributed by atoms with van der Waals surface area (Å²) in [5, 5.41) is 20.9. The molecule has 2 heterocycles. The maximum Gasteiger partial charge on any atom is 0.318 e. The lowest BCUT2D eigenvalue weighted by molar-refractivity contribution is -0.133. The number of carbonyl (C=O) groups excluding carboxylic acids is 2. The van der Waals surface area contributed by atoms with Crippen molar-refractivity contribution in [1.82, 2.24) is 20.7 Å². The third kappa shape index (κ3) is 5.87. The van der Waals surface area contributed by atoms with Gasteiger partial charge in [0.25, 0.3) is 5.91 Å². The van der Waals surface area contributed by atoms with E-state index in [4.69, 9.17) is 10.9 Å². The van der Waals surface area contributed by atoms with Crippen molar-refractivity contribution in [2.75, 3.05) is 36.8 Å². The first-order valence-electron chi connectivity index (χ1n) is 10.1. The summed E-state index contributed by atoms with van der Waals surface area (Å²) >= 11 is 0. The van der Waals surface area contributed by atoms with Gasteiger partial charge in [-0.15, -0.1) is 0 Å². The highest BCUT2D eigenvalue weighted by molar-refractivity contribution is 5.87. The summed E-state index contributed by atoms with van der Waals surface area (Å²) in [5.41, 5.74) is 9.70. The fraction of sp³-hybridized carbons (Fsp3) is 0.318. The lowest BCUT2D eigenvalue weighted by atomic mass is 10.1. The molecule has 1 fully saturated rings. The number of amides is 3. The highest BCUT2D eigenvalue weighted by Crippen LogP contribution is 2.17. The Morgan fingerprint density at radius 1 is 1.06 bits per heavy atom. The summed E-state index contributed by atoms with van der Waals surface area (Å²) in [6.07, 6.45) is 0.483. The van der Waals surface area contributed by atoms with Crippen LogP contribution in [0, 0.1) is 11.8 Å². The van der Waals surface area contributed by atoms with Crippen molar-refractivity contribution in [2.24, 2.45) is 0 Å². The van der Waals surface area contributed by atoms with Crippen molar-refractivity contribution in [1.29, 1.82) is 0 Å². The van der Waals surface area contributed by atoms with Crippen LogP contribution in [0.5, 0.6) is 0 Å².